The molecule has 0 amide bonds. The lowest BCUT2D eigenvalue weighted by Crippen LogP contribution is -2.21. The van der Waals surface area contributed by atoms with Crippen LogP contribution in [0.4, 0.5) is 0 Å². The number of benzene rings is 1. The lowest BCUT2D eigenvalue weighted by molar-refractivity contribution is 0.443. The highest BCUT2D eigenvalue weighted by atomic mass is 32.1. The second-order valence-electron chi connectivity index (χ2n) is 5.70. The monoisotopic (exact) mass is 299 g/mol. The van der Waals surface area contributed by atoms with Crippen LogP contribution in [0.1, 0.15) is 30.5 Å². The zero-order chi connectivity index (χ0) is 14.8. The molecule has 0 aliphatic carbocycles. The number of thiazole rings is 1. The van der Waals surface area contributed by atoms with Gasteiger partial charge in [0.2, 0.25) is 0 Å². The van der Waals surface area contributed by atoms with Crippen molar-refractivity contribution in [2.75, 3.05) is 7.05 Å². The zero-order valence-corrected chi connectivity index (χ0v) is 13.5. The first-order chi connectivity index (χ1) is 10.2. The molecule has 0 saturated carbocycles. The summed E-state index contributed by atoms with van der Waals surface area (Å²) in [6.07, 6.45) is 4.38. The number of nitrogens with zero attached hydrogens (tertiary/aromatic N) is 2. The van der Waals surface area contributed by atoms with Crippen LogP contribution in [0.5, 0.6) is 0 Å². The quantitative estimate of drug-likeness (QED) is 0.770. The maximum atomic E-state index is 4.70. The van der Waals surface area contributed by atoms with Crippen molar-refractivity contribution in [1.29, 1.82) is 0 Å². The molecule has 0 aliphatic rings. The van der Waals surface area contributed by atoms with E-state index in [0.717, 1.165) is 17.1 Å². The largest absolute Gasteiger partial charge is 0.347 e. The normalized spacial score (nSPS) is 13.1. The Balaban J connectivity index is 1.80. The van der Waals surface area contributed by atoms with Crippen LogP contribution in [-0.4, -0.2) is 16.6 Å². The molecule has 3 nitrogen and oxygen atoms in total. The molecule has 0 bridgehead atoms. The van der Waals surface area contributed by atoms with Gasteiger partial charge in [-0.05, 0) is 36.7 Å². The van der Waals surface area contributed by atoms with E-state index in [0.29, 0.717) is 12.0 Å². The molecule has 1 aromatic carbocycles. The smallest absolute Gasteiger partial charge is 0.114 e. The summed E-state index contributed by atoms with van der Waals surface area (Å²) >= 11 is 1.77. The molecule has 1 atom stereocenters. The molecule has 4 heteroatoms. The van der Waals surface area contributed by atoms with Crippen LogP contribution in [0, 0.1) is 5.92 Å². The summed E-state index contributed by atoms with van der Waals surface area (Å²) < 4.78 is 3.48. The Labute approximate surface area is 129 Å². The van der Waals surface area contributed by atoms with Crippen LogP contribution in [0.3, 0.4) is 0 Å². The standard InChI is InChI=1S/C17H21N3S/c1-12(2)17(18-3)13-8-9-20(10-13)11-16-19-14-6-4-5-7-15(14)21-16/h4-10,12,17-18H,11H2,1-3H3. The Morgan fingerprint density at radius 2 is 2.05 bits per heavy atom. The van der Waals surface area contributed by atoms with Gasteiger partial charge >= 0.3 is 0 Å². The Kier molecular flexibility index (Phi) is 4.08. The molecule has 1 N–H and O–H groups in total. The van der Waals surface area contributed by atoms with Crippen LogP contribution in [0.15, 0.2) is 42.7 Å². The lowest BCUT2D eigenvalue weighted by atomic mass is 9.99. The van der Waals surface area contributed by atoms with Gasteiger partial charge in [0.15, 0.2) is 0 Å². The topological polar surface area (TPSA) is 29.9 Å². The van der Waals surface area contributed by atoms with Gasteiger partial charge in [-0.3, -0.25) is 0 Å². The molecule has 1 unspecified atom stereocenters. The van der Waals surface area contributed by atoms with E-state index < -0.39 is 0 Å². The third-order valence-electron chi connectivity index (χ3n) is 3.77. The van der Waals surface area contributed by atoms with Gasteiger partial charge in [-0.1, -0.05) is 26.0 Å². The fourth-order valence-electron chi connectivity index (χ4n) is 2.77. The summed E-state index contributed by atoms with van der Waals surface area (Å²) in [6.45, 7) is 5.33. The van der Waals surface area contributed by atoms with Crippen molar-refractivity contribution in [2.24, 2.45) is 5.92 Å². The van der Waals surface area contributed by atoms with Gasteiger partial charge in [0.05, 0.1) is 16.8 Å². The molecule has 2 aromatic heterocycles. The summed E-state index contributed by atoms with van der Waals surface area (Å²) in [5, 5.41) is 4.55. The van der Waals surface area contributed by atoms with Crippen molar-refractivity contribution in [3.05, 3.63) is 53.3 Å². The average molecular weight is 299 g/mol. The van der Waals surface area contributed by atoms with Gasteiger partial charge < -0.3 is 9.88 Å². The molecule has 0 saturated heterocycles. The number of aromatic nitrogens is 2. The molecule has 3 aromatic rings. The Hall–Kier alpha value is -1.65. The van der Waals surface area contributed by atoms with Crippen LogP contribution >= 0.6 is 11.3 Å². The van der Waals surface area contributed by atoms with Gasteiger partial charge in [0, 0.05) is 18.4 Å². The van der Waals surface area contributed by atoms with E-state index >= 15 is 0 Å². The number of nitrogens with one attached hydrogen (secondary N) is 1. The second kappa shape index (κ2) is 6.00. The van der Waals surface area contributed by atoms with Crippen LogP contribution in [-0.2, 0) is 6.54 Å². The number of hydrogen-bond donors (Lipinski definition) is 1. The Bertz CT molecular complexity index is 693. The predicted molar refractivity (Wildman–Crippen MR) is 89.8 cm³/mol. The van der Waals surface area contributed by atoms with Crippen molar-refractivity contribution in [1.82, 2.24) is 14.9 Å². The third kappa shape index (κ3) is 3.01. The molecule has 0 radical (unpaired) electrons. The molecular weight excluding hydrogens is 278 g/mol. The van der Waals surface area contributed by atoms with Crippen LogP contribution in [0.2, 0.25) is 0 Å². The molecule has 3 rings (SSSR count). The first kappa shape index (κ1) is 14.3. The number of para-hydroxylation sites is 1. The summed E-state index contributed by atoms with van der Waals surface area (Å²) in [7, 11) is 2.02. The van der Waals surface area contributed by atoms with Crippen molar-refractivity contribution in [3.8, 4) is 0 Å². The van der Waals surface area contributed by atoms with Gasteiger partial charge in [0.1, 0.15) is 5.01 Å². The highest BCUT2D eigenvalue weighted by molar-refractivity contribution is 7.18. The van der Waals surface area contributed by atoms with Gasteiger partial charge in [-0.25, -0.2) is 4.98 Å². The SMILES string of the molecule is CNC(c1ccn(Cc2nc3ccccc3s2)c1)C(C)C. The highest BCUT2D eigenvalue weighted by Crippen LogP contribution is 2.24. The first-order valence-corrected chi connectivity index (χ1v) is 8.16. The molecular formula is C17H21N3S. The summed E-state index contributed by atoms with van der Waals surface area (Å²) in [5.74, 6) is 0.577. The third-order valence-corrected chi connectivity index (χ3v) is 4.79. The fourth-order valence-corrected chi connectivity index (χ4v) is 3.75. The van der Waals surface area contributed by atoms with E-state index in [9.17, 15) is 0 Å². The van der Waals surface area contributed by atoms with E-state index in [-0.39, 0.29) is 0 Å². The minimum atomic E-state index is 0.404. The predicted octanol–water partition coefficient (Wildman–Crippen LogP) is 4.06. The zero-order valence-electron chi connectivity index (χ0n) is 12.7. The van der Waals surface area contributed by atoms with E-state index in [4.69, 9.17) is 4.98 Å². The van der Waals surface area contributed by atoms with E-state index in [1.807, 2.05) is 13.1 Å². The Morgan fingerprint density at radius 1 is 1.24 bits per heavy atom. The minimum Gasteiger partial charge on any atom is -0.347 e. The summed E-state index contributed by atoms with van der Waals surface area (Å²) in [4.78, 5) is 4.70. The van der Waals surface area contributed by atoms with Gasteiger partial charge in [0.25, 0.3) is 0 Å². The van der Waals surface area contributed by atoms with E-state index in [1.54, 1.807) is 11.3 Å². The van der Waals surface area contributed by atoms with Crippen molar-refractivity contribution in [3.63, 3.8) is 0 Å². The van der Waals surface area contributed by atoms with Crippen LogP contribution in [0.25, 0.3) is 10.2 Å². The minimum absolute atomic E-state index is 0.404. The number of fused-ring (bicyclic) bond motifs is 1. The number of hydrogen-bond acceptors (Lipinski definition) is 3. The maximum Gasteiger partial charge on any atom is 0.114 e. The molecule has 0 aliphatic heterocycles. The number of rotatable bonds is 5. The highest BCUT2D eigenvalue weighted by Gasteiger charge is 2.14. The summed E-state index contributed by atoms with van der Waals surface area (Å²) in [6, 6.07) is 10.9. The molecule has 110 valence electrons. The summed E-state index contributed by atoms with van der Waals surface area (Å²) in [5.41, 5.74) is 2.44. The van der Waals surface area contributed by atoms with E-state index in [1.165, 1.54) is 10.3 Å². The van der Waals surface area contributed by atoms with Crippen molar-refractivity contribution >= 4 is 21.6 Å². The second-order valence-corrected chi connectivity index (χ2v) is 6.82. The van der Waals surface area contributed by atoms with E-state index in [2.05, 4.69) is 60.4 Å². The molecule has 0 spiro atoms. The molecule has 21 heavy (non-hydrogen) atoms. The first-order valence-electron chi connectivity index (χ1n) is 7.35. The van der Waals surface area contributed by atoms with Crippen LogP contribution < -0.4 is 5.32 Å². The molecule has 2 heterocycles. The maximum absolute atomic E-state index is 4.70. The molecule has 0 fully saturated rings. The Morgan fingerprint density at radius 3 is 2.76 bits per heavy atom. The van der Waals surface area contributed by atoms with Crippen molar-refractivity contribution in [2.45, 2.75) is 26.4 Å². The van der Waals surface area contributed by atoms with Crippen molar-refractivity contribution < 1.29 is 0 Å². The van der Waals surface area contributed by atoms with Gasteiger partial charge in [-0.15, -0.1) is 11.3 Å². The average Bonchev–Trinajstić information content (AvgIpc) is 3.06. The lowest BCUT2D eigenvalue weighted by Gasteiger charge is -2.18. The van der Waals surface area contributed by atoms with Gasteiger partial charge in [-0.2, -0.15) is 0 Å². The fraction of sp³-hybridized carbons (Fsp3) is 0.353.